The highest BCUT2D eigenvalue weighted by molar-refractivity contribution is 7.14. The van der Waals surface area contributed by atoms with Crippen LogP contribution in [0, 0.1) is 0 Å². The van der Waals surface area contributed by atoms with Crippen molar-refractivity contribution >= 4 is 23.1 Å². The van der Waals surface area contributed by atoms with Gasteiger partial charge in [-0.25, -0.2) is 4.98 Å². The number of rotatable bonds is 2. The summed E-state index contributed by atoms with van der Waals surface area (Å²) in [5, 5.41) is 0.678. The molecule has 21 heavy (non-hydrogen) atoms. The number of aromatic nitrogens is 1. The summed E-state index contributed by atoms with van der Waals surface area (Å²) in [6, 6.07) is 0.602. The molecule has 0 atom stereocenters. The van der Waals surface area contributed by atoms with Crippen LogP contribution in [0.3, 0.4) is 0 Å². The average molecular weight is 308 g/mol. The average Bonchev–Trinajstić information content (AvgIpc) is 2.92. The van der Waals surface area contributed by atoms with E-state index in [4.69, 9.17) is 0 Å². The van der Waals surface area contributed by atoms with E-state index >= 15 is 0 Å². The van der Waals surface area contributed by atoms with Crippen LogP contribution >= 0.6 is 11.3 Å². The van der Waals surface area contributed by atoms with E-state index in [9.17, 15) is 4.79 Å². The monoisotopic (exact) mass is 308 g/mol. The molecule has 0 N–H and O–H groups in total. The first-order chi connectivity index (χ1) is 10.1. The zero-order chi connectivity index (χ0) is 15.0. The maximum Gasteiger partial charge on any atom is 0.282 e. The fourth-order valence-electron chi connectivity index (χ4n) is 3.20. The van der Waals surface area contributed by atoms with E-state index in [2.05, 4.69) is 35.9 Å². The Balaban J connectivity index is 1.69. The molecule has 1 amide bonds. The molecule has 2 aliphatic heterocycles. The zero-order valence-corrected chi connectivity index (χ0v) is 13.9. The summed E-state index contributed by atoms with van der Waals surface area (Å²) in [7, 11) is 6.30. The van der Waals surface area contributed by atoms with Crippen LogP contribution in [0.25, 0.3) is 0 Å². The molecule has 3 rings (SSSR count). The molecule has 0 spiro atoms. The van der Waals surface area contributed by atoms with Gasteiger partial charge in [0.05, 0.1) is 0 Å². The summed E-state index contributed by atoms with van der Waals surface area (Å²) in [4.78, 5) is 24.9. The molecule has 1 fully saturated rings. The lowest BCUT2D eigenvalue weighted by Crippen LogP contribution is -2.44. The van der Waals surface area contributed by atoms with Crippen molar-refractivity contribution in [1.29, 1.82) is 0 Å². The van der Waals surface area contributed by atoms with Gasteiger partial charge in [-0.2, -0.15) is 0 Å². The van der Waals surface area contributed by atoms with Gasteiger partial charge in [0.1, 0.15) is 5.82 Å². The Bertz CT molecular complexity index is 520. The third kappa shape index (κ3) is 2.92. The second-order valence-corrected chi connectivity index (χ2v) is 7.36. The third-order valence-electron chi connectivity index (χ3n) is 4.60. The van der Waals surface area contributed by atoms with Crippen LogP contribution in [0.5, 0.6) is 0 Å². The van der Waals surface area contributed by atoms with Gasteiger partial charge >= 0.3 is 0 Å². The maximum atomic E-state index is 12.6. The Labute approximate surface area is 130 Å². The lowest BCUT2D eigenvalue weighted by molar-refractivity contribution is 0.0663. The molecule has 0 unspecified atom stereocenters. The summed E-state index contributed by atoms with van der Waals surface area (Å²) in [5.41, 5.74) is 0. The van der Waals surface area contributed by atoms with Crippen LogP contribution in [-0.4, -0.2) is 67.5 Å². The number of carbonyl (C=O) groups excluding carboxylic acids is 1. The van der Waals surface area contributed by atoms with Crippen LogP contribution in [0.2, 0.25) is 0 Å². The molecule has 2 aliphatic rings. The van der Waals surface area contributed by atoms with Crippen molar-refractivity contribution in [3.63, 3.8) is 0 Å². The number of thiazole rings is 1. The number of amides is 1. The smallest absolute Gasteiger partial charge is 0.282 e. The minimum atomic E-state index is 0.125. The largest absolute Gasteiger partial charge is 0.359 e. The first-order valence-electron chi connectivity index (χ1n) is 7.73. The normalized spacial score (nSPS) is 20.0. The molecule has 6 heteroatoms. The molecule has 0 bridgehead atoms. The lowest BCUT2D eigenvalue weighted by Gasteiger charge is -2.34. The highest BCUT2D eigenvalue weighted by Gasteiger charge is 2.28. The topological polar surface area (TPSA) is 39.7 Å². The highest BCUT2D eigenvalue weighted by atomic mass is 32.1. The fourth-order valence-corrected chi connectivity index (χ4v) is 4.32. The molecule has 0 aliphatic carbocycles. The Kier molecular flexibility index (Phi) is 4.17. The number of anilines is 1. The Morgan fingerprint density at radius 2 is 2.00 bits per heavy atom. The summed E-state index contributed by atoms with van der Waals surface area (Å²) in [6.45, 7) is 2.74. The summed E-state index contributed by atoms with van der Waals surface area (Å²) < 4.78 is 0. The van der Waals surface area contributed by atoms with Crippen LogP contribution in [0.4, 0.5) is 5.82 Å². The van der Waals surface area contributed by atoms with Gasteiger partial charge in [-0.3, -0.25) is 4.79 Å². The second-order valence-electron chi connectivity index (χ2n) is 6.28. The Morgan fingerprint density at radius 3 is 2.62 bits per heavy atom. The SMILES string of the molecule is CN1CCCc2sc(C(=O)N3CCC(N(C)C)CC3)nc21. The summed E-state index contributed by atoms with van der Waals surface area (Å²) >= 11 is 1.59. The van der Waals surface area contributed by atoms with Crippen LogP contribution in [-0.2, 0) is 6.42 Å². The third-order valence-corrected chi connectivity index (χ3v) is 5.69. The number of carbonyl (C=O) groups is 1. The van der Waals surface area contributed by atoms with Gasteiger partial charge in [0.25, 0.3) is 5.91 Å². The molecule has 3 heterocycles. The first-order valence-corrected chi connectivity index (χ1v) is 8.54. The molecule has 0 saturated carbocycles. The number of hydrogen-bond donors (Lipinski definition) is 0. The number of hydrogen-bond acceptors (Lipinski definition) is 5. The van der Waals surface area contributed by atoms with Crippen molar-refractivity contribution < 1.29 is 4.79 Å². The molecular formula is C15H24N4OS. The maximum absolute atomic E-state index is 12.6. The minimum absolute atomic E-state index is 0.125. The van der Waals surface area contributed by atoms with Crippen molar-refractivity contribution in [3.8, 4) is 0 Å². The molecule has 1 saturated heterocycles. The van der Waals surface area contributed by atoms with E-state index < -0.39 is 0 Å². The van der Waals surface area contributed by atoms with Gasteiger partial charge < -0.3 is 14.7 Å². The van der Waals surface area contributed by atoms with E-state index in [0.29, 0.717) is 11.0 Å². The van der Waals surface area contributed by atoms with Gasteiger partial charge in [0.15, 0.2) is 5.01 Å². The van der Waals surface area contributed by atoms with Crippen molar-refractivity contribution in [2.45, 2.75) is 31.7 Å². The van der Waals surface area contributed by atoms with Gasteiger partial charge in [0, 0.05) is 37.6 Å². The second kappa shape index (κ2) is 5.93. The van der Waals surface area contributed by atoms with Crippen molar-refractivity contribution in [3.05, 3.63) is 9.88 Å². The molecule has 1 aromatic rings. The molecule has 0 radical (unpaired) electrons. The van der Waals surface area contributed by atoms with Gasteiger partial charge in [-0.05, 0) is 39.8 Å². The molecular weight excluding hydrogens is 284 g/mol. The van der Waals surface area contributed by atoms with Gasteiger partial charge in [-0.1, -0.05) is 0 Å². The van der Waals surface area contributed by atoms with Crippen LogP contribution in [0.1, 0.15) is 33.9 Å². The Hall–Kier alpha value is -1.14. The van der Waals surface area contributed by atoms with Gasteiger partial charge in [-0.15, -0.1) is 11.3 Å². The standard InChI is InChI=1S/C15H24N4OS/c1-17(2)11-6-9-19(10-7-11)15(20)14-16-13-12(21-14)5-4-8-18(13)3/h11H,4-10H2,1-3H3. The van der Waals surface area contributed by atoms with Crippen molar-refractivity contribution in [1.82, 2.24) is 14.8 Å². The van der Waals surface area contributed by atoms with Crippen molar-refractivity contribution in [2.24, 2.45) is 0 Å². The van der Waals surface area contributed by atoms with E-state index in [1.54, 1.807) is 11.3 Å². The highest BCUT2D eigenvalue weighted by Crippen LogP contribution is 2.31. The van der Waals surface area contributed by atoms with Crippen LogP contribution < -0.4 is 4.90 Å². The quantitative estimate of drug-likeness (QED) is 0.833. The van der Waals surface area contributed by atoms with E-state index in [0.717, 1.165) is 51.1 Å². The predicted molar refractivity (Wildman–Crippen MR) is 86.3 cm³/mol. The summed E-state index contributed by atoms with van der Waals surface area (Å²) in [6.07, 6.45) is 4.34. The number of fused-ring (bicyclic) bond motifs is 1. The Morgan fingerprint density at radius 1 is 1.29 bits per heavy atom. The number of nitrogens with zero attached hydrogens (tertiary/aromatic N) is 4. The zero-order valence-electron chi connectivity index (χ0n) is 13.1. The molecule has 0 aromatic carbocycles. The number of aryl methyl sites for hydroxylation is 1. The van der Waals surface area contributed by atoms with E-state index in [1.165, 1.54) is 4.88 Å². The van der Waals surface area contributed by atoms with E-state index in [-0.39, 0.29) is 5.91 Å². The van der Waals surface area contributed by atoms with Gasteiger partial charge in [0.2, 0.25) is 0 Å². The molecule has 1 aromatic heterocycles. The number of likely N-dealkylation sites (tertiary alicyclic amines) is 1. The minimum Gasteiger partial charge on any atom is -0.359 e. The predicted octanol–water partition coefficient (Wildman–Crippen LogP) is 1.69. The fraction of sp³-hybridized carbons (Fsp3) is 0.733. The van der Waals surface area contributed by atoms with E-state index in [1.807, 2.05) is 4.90 Å². The lowest BCUT2D eigenvalue weighted by atomic mass is 10.0. The summed E-state index contributed by atoms with van der Waals surface area (Å²) in [5.74, 6) is 1.15. The molecule has 5 nitrogen and oxygen atoms in total. The molecule has 116 valence electrons. The first kappa shape index (κ1) is 14.8. The van der Waals surface area contributed by atoms with Crippen LogP contribution in [0.15, 0.2) is 0 Å². The van der Waals surface area contributed by atoms with Crippen molar-refractivity contribution in [2.75, 3.05) is 45.7 Å². The number of piperidine rings is 1.